The van der Waals surface area contributed by atoms with Gasteiger partial charge < -0.3 is 19.5 Å². The zero-order chi connectivity index (χ0) is 17.7. The smallest absolute Gasteiger partial charge is 0.311 e. The van der Waals surface area contributed by atoms with Crippen LogP contribution in [-0.2, 0) is 11.2 Å². The molecule has 1 N–H and O–H groups in total. The zero-order valence-electron chi connectivity index (χ0n) is 14.4. The van der Waals surface area contributed by atoms with Crippen LogP contribution in [-0.4, -0.2) is 39.4 Å². The van der Waals surface area contributed by atoms with Crippen LogP contribution in [0.5, 0.6) is 11.5 Å². The average molecular weight is 329 g/mol. The molecule has 5 heteroatoms. The number of nitrogens with zero attached hydrogens (tertiary/aromatic N) is 1. The molecule has 0 bridgehead atoms. The monoisotopic (exact) mass is 329 g/mol. The first-order valence-corrected chi connectivity index (χ1v) is 7.67. The molecule has 0 heterocycles. The van der Waals surface area contributed by atoms with Crippen LogP contribution in [0.25, 0.3) is 0 Å². The van der Waals surface area contributed by atoms with Crippen LogP contribution in [0.3, 0.4) is 0 Å². The Kier molecular flexibility index (Phi) is 5.68. The quantitative estimate of drug-likeness (QED) is 0.845. The second-order valence-electron chi connectivity index (χ2n) is 5.76. The van der Waals surface area contributed by atoms with Crippen LogP contribution in [0, 0.1) is 0 Å². The van der Waals surface area contributed by atoms with Gasteiger partial charge >= 0.3 is 5.97 Å². The third kappa shape index (κ3) is 3.98. The number of carboxylic acids is 1. The maximum Gasteiger partial charge on any atom is 0.311 e. The number of rotatable bonds is 7. The molecule has 1 unspecified atom stereocenters. The predicted molar refractivity (Wildman–Crippen MR) is 94.4 cm³/mol. The highest BCUT2D eigenvalue weighted by molar-refractivity contribution is 5.77. The van der Waals surface area contributed by atoms with Gasteiger partial charge in [-0.15, -0.1) is 0 Å². The Balaban J connectivity index is 2.34. The van der Waals surface area contributed by atoms with Gasteiger partial charge in [0.05, 0.1) is 20.1 Å². The Morgan fingerprint density at radius 1 is 1.08 bits per heavy atom. The maximum absolute atomic E-state index is 11.8. The van der Waals surface area contributed by atoms with E-state index in [0.717, 1.165) is 16.8 Å². The molecule has 0 radical (unpaired) electrons. The lowest BCUT2D eigenvalue weighted by Crippen LogP contribution is -2.15. The van der Waals surface area contributed by atoms with E-state index in [9.17, 15) is 9.90 Å². The van der Waals surface area contributed by atoms with E-state index in [1.807, 2.05) is 49.3 Å². The summed E-state index contributed by atoms with van der Waals surface area (Å²) in [5.41, 5.74) is 2.60. The Morgan fingerprint density at radius 3 is 2.25 bits per heavy atom. The number of benzene rings is 2. The molecule has 0 saturated carbocycles. The molecule has 0 aliphatic rings. The normalized spacial score (nSPS) is 11.7. The van der Waals surface area contributed by atoms with E-state index < -0.39 is 11.9 Å². The molecular weight excluding hydrogens is 306 g/mol. The number of methoxy groups -OCH3 is 2. The van der Waals surface area contributed by atoms with E-state index in [-0.39, 0.29) is 0 Å². The van der Waals surface area contributed by atoms with E-state index >= 15 is 0 Å². The van der Waals surface area contributed by atoms with Crippen LogP contribution in [0.1, 0.15) is 17.0 Å². The van der Waals surface area contributed by atoms with Gasteiger partial charge in [-0.25, -0.2) is 0 Å². The molecule has 2 rings (SSSR count). The van der Waals surface area contributed by atoms with Crippen LogP contribution in [0.4, 0.5) is 5.69 Å². The summed E-state index contributed by atoms with van der Waals surface area (Å²) in [5, 5.41) is 9.67. The Bertz CT molecular complexity index is 695. The van der Waals surface area contributed by atoms with Gasteiger partial charge in [0.15, 0.2) is 0 Å². The fourth-order valence-electron chi connectivity index (χ4n) is 2.61. The zero-order valence-corrected chi connectivity index (χ0v) is 14.4. The Labute approximate surface area is 142 Å². The molecule has 2 aromatic rings. The van der Waals surface area contributed by atoms with E-state index in [4.69, 9.17) is 9.47 Å². The van der Waals surface area contributed by atoms with Crippen molar-refractivity contribution in [3.63, 3.8) is 0 Å². The Morgan fingerprint density at radius 2 is 1.75 bits per heavy atom. The number of carboxylic acid groups (broad SMARTS) is 1. The first-order chi connectivity index (χ1) is 11.5. The first-order valence-electron chi connectivity index (χ1n) is 7.67. The average Bonchev–Trinajstić information content (AvgIpc) is 2.59. The third-order valence-corrected chi connectivity index (χ3v) is 4.02. The largest absolute Gasteiger partial charge is 0.497 e. The van der Waals surface area contributed by atoms with Gasteiger partial charge in [-0.05, 0) is 47.9 Å². The van der Waals surface area contributed by atoms with Crippen molar-refractivity contribution in [1.29, 1.82) is 0 Å². The van der Waals surface area contributed by atoms with Crippen molar-refractivity contribution in [1.82, 2.24) is 0 Å². The van der Waals surface area contributed by atoms with Gasteiger partial charge in [-0.3, -0.25) is 4.79 Å². The summed E-state index contributed by atoms with van der Waals surface area (Å²) in [6.07, 6.45) is 0.330. The fourth-order valence-corrected chi connectivity index (χ4v) is 2.61. The molecule has 2 aromatic carbocycles. The van der Waals surface area contributed by atoms with Crippen LogP contribution < -0.4 is 14.4 Å². The molecule has 1 atom stereocenters. The minimum absolute atomic E-state index is 0.330. The lowest BCUT2D eigenvalue weighted by Gasteiger charge is -2.18. The second-order valence-corrected chi connectivity index (χ2v) is 5.76. The summed E-state index contributed by atoms with van der Waals surface area (Å²) < 4.78 is 10.6. The van der Waals surface area contributed by atoms with Crippen LogP contribution in [0.2, 0.25) is 0 Å². The molecule has 0 aliphatic heterocycles. The van der Waals surface area contributed by atoms with Gasteiger partial charge in [0, 0.05) is 19.8 Å². The number of hydrogen-bond acceptors (Lipinski definition) is 4. The highest BCUT2D eigenvalue weighted by Gasteiger charge is 2.22. The van der Waals surface area contributed by atoms with Gasteiger partial charge in [-0.2, -0.15) is 0 Å². The molecule has 0 aliphatic carbocycles. The summed E-state index contributed by atoms with van der Waals surface area (Å²) >= 11 is 0. The van der Waals surface area contributed by atoms with Gasteiger partial charge in [0.1, 0.15) is 11.5 Å². The molecule has 24 heavy (non-hydrogen) atoms. The molecule has 0 fully saturated rings. The number of anilines is 1. The summed E-state index contributed by atoms with van der Waals surface area (Å²) in [6.45, 7) is 0. The van der Waals surface area contributed by atoms with Gasteiger partial charge in [0.25, 0.3) is 0 Å². The number of aliphatic carboxylic acids is 1. The summed E-state index contributed by atoms with van der Waals surface area (Å²) in [6, 6.07) is 13.0. The third-order valence-electron chi connectivity index (χ3n) is 4.02. The standard InChI is InChI=1S/C19H23NO4/c1-20(2)15-7-5-13(6-8-15)17(19(21)22)12-14-11-16(23-3)9-10-18(14)24-4/h5-11,17H,12H2,1-4H3,(H,21,22). The fraction of sp³-hybridized carbons (Fsp3) is 0.316. The van der Waals surface area contributed by atoms with Gasteiger partial charge in [-0.1, -0.05) is 12.1 Å². The first kappa shape index (κ1) is 17.7. The highest BCUT2D eigenvalue weighted by Crippen LogP contribution is 2.30. The SMILES string of the molecule is COc1ccc(OC)c(CC(C(=O)O)c2ccc(N(C)C)cc2)c1. The molecule has 0 amide bonds. The lowest BCUT2D eigenvalue weighted by molar-refractivity contribution is -0.138. The van der Waals surface area contributed by atoms with Crippen molar-refractivity contribution < 1.29 is 19.4 Å². The predicted octanol–water partition coefficient (Wildman–Crippen LogP) is 3.18. The van der Waals surface area contributed by atoms with Crippen molar-refractivity contribution in [3.05, 3.63) is 53.6 Å². The minimum Gasteiger partial charge on any atom is -0.497 e. The number of carbonyl (C=O) groups is 1. The molecule has 0 aromatic heterocycles. The minimum atomic E-state index is -0.863. The van der Waals surface area contributed by atoms with Crippen LogP contribution >= 0.6 is 0 Å². The van der Waals surface area contributed by atoms with Crippen LogP contribution in [0.15, 0.2) is 42.5 Å². The number of ether oxygens (including phenoxy) is 2. The Hall–Kier alpha value is -2.69. The summed E-state index contributed by atoms with van der Waals surface area (Å²) in [5.74, 6) is -0.176. The number of hydrogen-bond donors (Lipinski definition) is 1. The van der Waals surface area contributed by atoms with Crippen molar-refractivity contribution in [2.75, 3.05) is 33.2 Å². The van der Waals surface area contributed by atoms with Gasteiger partial charge in [0.2, 0.25) is 0 Å². The van der Waals surface area contributed by atoms with E-state index in [2.05, 4.69) is 0 Å². The second kappa shape index (κ2) is 7.73. The van der Waals surface area contributed by atoms with Crippen molar-refractivity contribution in [2.24, 2.45) is 0 Å². The molecular formula is C19H23NO4. The van der Waals surface area contributed by atoms with E-state index in [0.29, 0.717) is 17.9 Å². The molecule has 0 spiro atoms. The van der Waals surface area contributed by atoms with E-state index in [1.165, 1.54) is 0 Å². The van der Waals surface area contributed by atoms with Crippen molar-refractivity contribution >= 4 is 11.7 Å². The molecule has 0 saturated heterocycles. The maximum atomic E-state index is 11.8. The molecule has 5 nitrogen and oxygen atoms in total. The topological polar surface area (TPSA) is 59.0 Å². The lowest BCUT2D eigenvalue weighted by atomic mass is 9.91. The summed E-state index contributed by atoms with van der Waals surface area (Å²) in [7, 11) is 7.06. The van der Waals surface area contributed by atoms with E-state index in [1.54, 1.807) is 26.4 Å². The van der Waals surface area contributed by atoms with Crippen molar-refractivity contribution in [2.45, 2.75) is 12.3 Å². The summed E-state index contributed by atoms with van der Waals surface area (Å²) in [4.78, 5) is 13.8. The molecule has 128 valence electrons. The highest BCUT2D eigenvalue weighted by atomic mass is 16.5. The van der Waals surface area contributed by atoms with Crippen molar-refractivity contribution in [3.8, 4) is 11.5 Å².